The highest BCUT2D eigenvalue weighted by atomic mass is 16.5. The molecule has 0 aromatic carbocycles. The molecule has 0 aliphatic carbocycles. The van der Waals surface area contributed by atoms with Crippen LogP contribution in [0.15, 0.2) is 16.9 Å². The summed E-state index contributed by atoms with van der Waals surface area (Å²) in [7, 11) is 0. The number of nitrogens with one attached hydrogen (secondary N) is 1. The van der Waals surface area contributed by atoms with Gasteiger partial charge in [-0.3, -0.25) is 9.59 Å². The van der Waals surface area contributed by atoms with Crippen molar-refractivity contribution in [3.8, 4) is 0 Å². The maximum atomic E-state index is 12.6. The Kier molecular flexibility index (Phi) is 6.36. The van der Waals surface area contributed by atoms with Crippen LogP contribution in [0.25, 0.3) is 0 Å². The number of hydrogen-bond donors (Lipinski definition) is 1. The monoisotopic (exact) mass is 336 g/mol. The molecule has 0 saturated carbocycles. The zero-order chi connectivity index (χ0) is 17.6. The summed E-state index contributed by atoms with van der Waals surface area (Å²) in [5.41, 5.74) is -0.106. The van der Waals surface area contributed by atoms with Crippen LogP contribution in [0.4, 0.5) is 5.82 Å². The highest BCUT2D eigenvalue weighted by Gasteiger charge is 2.24. The van der Waals surface area contributed by atoms with Gasteiger partial charge in [0.1, 0.15) is 6.26 Å². The van der Waals surface area contributed by atoms with Crippen LogP contribution in [0, 0.1) is 5.41 Å². The van der Waals surface area contributed by atoms with Crippen molar-refractivity contribution >= 4 is 17.6 Å². The average Bonchev–Trinajstić information content (AvgIpc) is 3.14. The summed E-state index contributed by atoms with van der Waals surface area (Å²) in [5, 5.41) is 6.30. The van der Waals surface area contributed by atoms with E-state index in [-0.39, 0.29) is 23.8 Å². The number of anilines is 1. The minimum absolute atomic E-state index is 0.0111. The van der Waals surface area contributed by atoms with Crippen molar-refractivity contribution in [3.05, 3.63) is 12.3 Å². The van der Waals surface area contributed by atoms with Gasteiger partial charge in [-0.15, -0.1) is 0 Å². The third-order valence-corrected chi connectivity index (χ3v) is 3.96. The molecule has 1 aromatic heterocycles. The van der Waals surface area contributed by atoms with Crippen LogP contribution >= 0.6 is 0 Å². The van der Waals surface area contributed by atoms with Crippen LogP contribution in [-0.4, -0.2) is 59.5 Å². The summed E-state index contributed by atoms with van der Waals surface area (Å²) in [5.74, 6) is 0.118. The van der Waals surface area contributed by atoms with Gasteiger partial charge in [0.25, 0.3) is 0 Å². The predicted molar refractivity (Wildman–Crippen MR) is 91.5 cm³/mol. The molecular weight excluding hydrogens is 308 g/mol. The van der Waals surface area contributed by atoms with Crippen molar-refractivity contribution in [2.45, 2.75) is 40.0 Å². The largest absolute Gasteiger partial charge is 0.363 e. The minimum atomic E-state index is -0.257. The number of carbonyl (C=O) groups excluding carboxylic acids is 2. The second-order valence-electron chi connectivity index (χ2n) is 7.53. The Morgan fingerprint density at radius 3 is 2.62 bits per heavy atom. The van der Waals surface area contributed by atoms with E-state index in [2.05, 4.69) is 15.4 Å². The standard InChI is InChI=1S/C17H28N4O3/c1-17(2,3)12-16(23)21(10-9-20-7-4-5-8-20)13-15(22)18-14-6-11-24-19-14/h6,11H,4-5,7-10,12-13H2,1-3H3,(H,18,19,22). The summed E-state index contributed by atoms with van der Waals surface area (Å²) in [6.07, 6.45) is 4.24. The lowest BCUT2D eigenvalue weighted by atomic mass is 9.91. The van der Waals surface area contributed by atoms with Crippen molar-refractivity contribution in [1.29, 1.82) is 0 Å². The van der Waals surface area contributed by atoms with E-state index in [9.17, 15) is 9.59 Å². The maximum absolute atomic E-state index is 12.6. The second-order valence-corrected chi connectivity index (χ2v) is 7.53. The first-order valence-electron chi connectivity index (χ1n) is 8.54. The molecule has 2 heterocycles. The first-order chi connectivity index (χ1) is 11.3. The normalized spacial score (nSPS) is 15.5. The van der Waals surface area contributed by atoms with Gasteiger partial charge < -0.3 is 19.6 Å². The topological polar surface area (TPSA) is 78.7 Å². The van der Waals surface area contributed by atoms with E-state index in [4.69, 9.17) is 4.52 Å². The molecule has 2 amide bonds. The summed E-state index contributed by atoms with van der Waals surface area (Å²) >= 11 is 0. The van der Waals surface area contributed by atoms with Crippen LogP contribution < -0.4 is 5.32 Å². The van der Waals surface area contributed by atoms with Gasteiger partial charge in [-0.05, 0) is 31.3 Å². The van der Waals surface area contributed by atoms with Gasteiger partial charge in [-0.25, -0.2) is 0 Å². The zero-order valence-corrected chi connectivity index (χ0v) is 14.9. The first-order valence-corrected chi connectivity index (χ1v) is 8.54. The van der Waals surface area contributed by atoms with Crippen LogP contribution in [0.1, 0.15) is 40.0 Å². The van der Waals surface area contributed by atoms with Crippen LogP contribution in [0.5, 0.6) is 0 Å². The van der Waals surface area contributed by atoms with E-state index >= 15 is 0 Å². The molecule has 0 spiro atoms. The van der Waals surface area contributed by atoms with E-state index in [1.54, 1.807) is 11.0 Å². The fourth-order valence-electron chi connectivity index (χ4n) is 2.76. The Bertz CT molecular complexity index is 531. The quantitative estimate of drug-likeness (QED) is 0.823. The molecule has 0 radical (unpaired) electrons. The lowest BCUT2D eigenvalue weighted by molar-refractivity contribution is -0.136. The van der Waals surface area contributed by atoms with Crippen molar-refractivity contribution in [2.75, 3.05) is 38.0 Å². The van der Waals surface area contributed by atoms with Gasteiger partial charge in [0.15, 0.2) is 5.82 Å². The summed E-state index contributed by atoms with van der Waals surface area (Å²) in [4.78, 5) is 28.8. The third kappa shape index (κ3) is 6.31. The van der Waals surface area contributed by atoms with Gasteiger partial charge in [0, 0.05) is 25.6 Å². The van der Waals surface area contributed by atoms with Crippen LogP contribution in [0.3, 0.4) is 0 Å². The number of rotatable bonds is 7. The SMILES string of the molecule is CC(C)(C)CC(=O)N(CCN1CCCC1)CC(=O)Nc1ccon1. The van der Waals surface area contributed by atoms with Gasteiger partial charge in [-0.2, -0.15) is 0 Å². The van der Waals surface area contributed by atoms with E-state index in [0.717, 1.165) is 19.6 Å². The van der Waals surface area contributed by atoms with Crippen molar-refractivity contribution in [3.63, 3.8) is 0 Å². The van der Waals surface area contributed by atoms with E-state index in [1.165, 1.54) is 19.1 Å². The lowest BCUT2D eigenvalue weighted by Crippen LogP contribution is -2.43. The molecule has 134 valence electrons. The summed E-state index contributed by atoms with van der Waals surface area (Å²) < 4.78 is 4.70. The minimum Gasteiger partial charge on any atom is -0.363 e. The fourth-order valence-corrected chi connectivity index (χ4v) is 2.76. The molecule has 2 rings (SSSR count). The van der Waals surface area contributed by atoms with Gasteiger partial charge in [0.2, 0.25) is 11.8 Å². The number of nitrogens with zero attached hydrogens (tertiary/aromatic N) is 3. The molecule has 7 nitrogen and oxygen atoms in total. The summed E-state index contributed by atoms with van der Waals surface area (Å²) in [6, 6.07) is 1.57. The second kappa shape index (κ2) is 8.28. The maximum Gasteiger partial charge on any atom is 0.245 e. The third-order valence-electron chi connectivity index (χ3n) is 3.96. The number of hydrogen-bond acceptors (Lipinski definition) is 5. The molecule has 24 heavy (non-hydrogen) atoms. The molecule has 1 N–H and O–H groups in total. The number of carbonyl (C=O) groups is 2. The smallest absolute Gasteiger partial charge is 0.245 e. The van der Waals surface area contributed by atoms with Crippen LogP contribution in [-0.2, 0) is 9.59 Å². The van der Waals surface area contributed by atoms with Crippen molar-refractivity contribution < 1.29 is 14.1 Å². The Labute approximate surface area is 143 Å². The molecule has 1 aliphatic rings. The molecule has 1 aromatic rings. The Hall–Kier alpha value is -1.89. The molecule has 1 aliphatic heterocycles. The van der Waals surface area contributed by atoms with E-state index in [0.29, 0.717) is 18.8 Å². The number of amides is 2. The summed E-state index contributed by atoms with van der Waals surface area (Å²) in [6.45, 7) is 9.65. The van der Waals surface area contributed by atoms with Crippen molar-refractivity contribution in [2.24, 2.45) is 5.41 Å². The molecule has 0 atom stereocenters. The van der Waals surface area contributed by atoms with E-state index < -0.39 is 0 Å². The number of likely N-dealkylation sites (tertiary alicyclic amines) is 1. The highest BCUT2D eigenvalue weighted by Crippen LogP contribution is 2.20. The van der Waals surface area contributed by atoms with Gasteiger partial charge >= 0.3 is 0 Å². The van der Waals surface area contributed by atoms with Crippen LogP contribution in [0.2, 0.25) is 0 Å². The highest BCUT2D eigenvalue weighted by molar-refractivity contribution is 5.93. The molecule has 0 bridgehead atoms. The Balaban J connectivity index is 1.92. The fraction of sp³-hybridized carbons (Fsp3) is 0.706. The van der Waals surface area contributed by atoms with Crippen molar-refractivity contribution in [1.82, 2.24) is 15.0 Å². The van der Waals surface area contributed by atoms with E-state index in [1.807, 2.05) is 20.8 Å². The molecule has 0 unspecified atom stereocenters. The Morgan fingerprint density at radius 2 is 2.04 bits per heavy atom. The zero-order valence-electron chi connectivity index (χ0n) is 14.9. The number of aromatic nitrogens is 1. The van der Waals surface area contributed by atoms with Gasteiger partial charge in [0.05, 0.1) is 6.54 Å². The molecule has 1 saturated heterocycles. The Morgan fingerprint density at radius 1 is 1.33 bits per heavy atom. The lowest BCUT2D eigenvalue weighted by Gasteiger charge is -2.28. The first kappa shape index (κ1) is 18.4. The van der Waals surface area contributed by atoms with Gasteiger partial charge in [-0.1, -0.05) is 25.9 Å². The molecule has 7 heteroatoms. The molecular formula is C17H28N4O3. The average molecular weight is 336 g/mol. The predicted octanol–water partition coefficient (Wildman–Crippen LogP) is 1.97. The molecule has 1 fully saturated rings.